The molecule has 2 aromatic heterocycles. The second kappa shape index (κ2) is 6.34. The minimum Gasteiger partial charge on any atom is -0.352 e. The highest BCUT2D eigenvalue weighted by Gasteiger charge is 2.21. The molecule has 1 fully saturated rings. The third-order valence-corrected chi connectivity index (χ3v) is 4.58. The summed E-state index contributed by atoms with van der Waals surface area (Å²) in [5.74, 6) is 0.397. The highest BCUT2D eigenvalue weighted by molar-refractivity contribution is 5.75. The van der Waals surface area contributed by atoms with E-state index in [9.17, 15) is 9.59 Å². The van der Waals surface area contributed by atoms with Gasteiger partial charge >= 0.3 is 5.69 Å². The van der Waals surface area contributed by atoms with Crippen molar-refractivity contribution in [3.63, 3.8) is 0 Å². The largest absolute Gasteiger partial charge is 0.352 e. The molecule has 118 valence electrons. The lowest BCUT2D eigenvalue weighted by Gasteiger charge is -2.28. The number of nitrogens with one attached hydrogen (secondary N) is 1. The third kappa shape index (κ3) is 3.05. The Labute approximate surface area is 129 Å². The van der Waals surface area contributed by atoms with Crippen molar-refractivity contribution >= 4 is 11.4 Å². The topological polar surface area (TPSA) is 68.4 Å². The lowest BCUT2D eigenvalue weighted by Crippen LogP contribution is -2.42. The Hall–Kier alpha value is -2.11. The standard InChI is InChI=1S/C16H22N4O2/c1-12(13-6-3-2-4-7-13)18-15(21)11-20-16(22)19-9-5-8-14(19)10-17-20/h5,8-10,12-13H,2-4,6-7,11H2,1H3,(H,18,21). The fourth-order valence-corrected chi connectivity index (χ4v) is 3.27. The minimum atomic E-state index is -0.289. The van der Waals surface area contributed by atoms with E-state index in [2.05, 4.69) is 17.3 Å². The zero-order valence-corrected chi connectivity index (χ0v) is 12.9. The first-order chi connectivity index (χ1) is 10.6. The molecule has 2 heterocycles. The van der Waals surface area contributed by atoms with Crippen LogP contribution in [0.3, 0.4) is 0 Å². The summed E-state index contributed by atoms with van der Waals surface area (Å²) < 4.78 is 2.70. The molecule has 1 N–H and O–H groups in total. The summed E-state index contributed by atoms with van der Waals surface area (Å²) in [6, 6.07) is 3.75. The van der Waals surface area contributed by atoms with Crippen LogP contribution >= 0.6 is 0 Å². The molecule has 1 saturated carbocycles. The van der Waals surface area contributed by atoms with Crippen molar-refractivity contribution in [1.82, 2.24) is 19.5 Å². The quantitative estimate of drug-likeness (QED) is 0.932. The molecule has 1 aliphatic carbocycles. The van der Waals surface area contributed by atoms with Crippen molar-refractivity contribution in [3.8, 4) is 0 Å². The molecule has 0 aliphatic heterocycles. The number of nitrogens with zero attached hydrogens (tertiary/aromatic N) is 3. The molecule has 3 rings (SSSR count). The van der Waals surface area contributed by atoms with Crippen LogP contribution in [0.15, 0.2) is 29.3 Å². The summed E-state index contributed by atoms with van der Waals surface area (Å²) in [7, 11) is 0. The molecule has 1 atom stereocenters. The zero-order valence-electron chi connectivity index (χ0n) is 12.9. The van der Waals surface area contributed by atoms with Crippen molar-refractivity contribution in [2.24, 2.45) is 5.92 Å². The van der Waals surface area contributed by atoms with E-state index in [1.807, 2.05) is 6.07 Å². The Morgan fingerprint density at radius 1 is 1.41 bits per heavy atom. The SMILES string of the molecule is CC(NC(=O)Cn1ncc2cccn2c1=O)C1CCCCC1. The number of aromatic nitrogens is 3. The molecule has 1 amide bonds. The number of hydrogen-bond donors (Lipinski definition) is 1. The van der Waals surface area contributed by atoms with Crippen molar-refractivity contribution in [2.75, 3.05) is 0 Å². The van der Waals surface area contributed by atoms with Crippen LogP contribution in [0.5, 0.6) is 0 Å². The Balaban J connectivity index is 1.65. The van der Waals surface area contributed by atoms with Gasteiger partial charge in [0.2, 0.25) is 5.91 Å². The van der Waals surface area contributed by atoms with Gasteiger partial charge in [0.1, 0.15) is 6.54 Å². The highest BCUT2D eigenvalue weighted by atomic mass is 16.2. The van der Waals surface area contributed by atoms with Gasteiger partial charge in [-0.1, -0.05) is 19.3 Å². The van der Waals surface area contributed by atoms with Gasteiger partial charge < -0.3 is 5.32 Å². The average Bonchev–Trinajstić information content (AvgIpc) is 3.00. The second-order valence-electron chi connectivity index (χ2n) is 6.14. The normalized spacial score (nSPS) is 17.5. The van der Waals surface area contributed by atoms with E-state index >= 15 is 0 Å². The summed E-state index contributed by atoms with van der Waals surface area (Å²) in [6.45, 7) is 2.02. The molecule has 0 saturated heterocycles. The second-order valence-corrected chi connectivity index (χ2v) is 6.14. The fourth-order valence-electron chi connectivity index (χ4n) is 3.27. The van der Waals surface area contributed by atoms with Crippen LogP contribution in [0.1, 0.15) is 39.0 Å². The van der Waals surface area contributed by atoms with Crippen molar-refractivity contribution in [2.45, 2.75) is 51.6 Å². The van der Waals surface area contributed by atoms with Crippen LogP contribution in [0.25, 0.3) is 5.52 Å². The van der Waals surface area contributed by atoms with Gasteiger partial charge in [0, 0.05) is 12.2 Å². The Bertz CT molecular complexity index is 712. The van der Waals surface area contributed by atoms with Crippen molar-refractivity contribution < 1.29 is 4.79 Å². The molecule has 0 spiro atoms. The van der Waals surface area contributed by atoms with Gasteiger partial charge in [-0.2, -0.15) is 5.10 Å². The van der Waals surface area contributed by atoms with Gasteiger partial charge in [-0.25, -0.2) is 9.48 Å². The van der Waals surface area contributed by atoms with Gasteiger partial charge in [-0.05, 0) is 37.8 Å². The molecule has 1 unspecified atom stereocenters. The fraction of sp³-hybridized carbons (Fsp3) is 0.562. The minimum absolute atomic E-state index is 0.0377. The lowest BCUT2D eigenvalue weighted by atomic mass is 9.84. The Kier molecular flexibility index (Phi) is 4.27. The Morgan fingerprint density at radius 3 is 2.95 bits per heavy atom. The van der Waals surface area contributed by atoms with E-state index in [0.29, 0.717) is 5.92 Å². The van der Waals surface area contributed by atoms with Crippen molar-refractivity contribution in [1.29, 1.82) is 0 Å². The predicted molar refractivity (Wildman–Crippen MR) is 83.6 cm³/mol. The summed E-state index contributed by atoms with van der Waals surface area (Å²) >= 11 is 0. The molecular formula is C16H22N4O2. The highest BCUT2D eigenvalue weighted by Crippen LogP contribution is 2.26. The molecule has 1 aliphatic rings. The number of amides is 1. The van der Waals surface area contributed by atoms with Crippen LogP contribution in [0.2, 0.25) is 0 Å². The molecule has 2 aromatic rings. The van der Waals surface area contributed by atoms with Crippen molar-refractivity contribution in [3.05, 3.63) is 35.0 Å². The third-order valence-electron chi connectivity index (χ3n) is 4.58. The zero-order chi connectivity index (χ0) is 15.5. The number of rotatable bonds is 4. The van der Waals surface area contributed by atoms with Crippen LogP contribution < -0.4 is 11.0 Å². The molecule has 0 radical (unpaired) electrons. The van der Waals surface area contributed by atoms with Gasteiger partial charge in [0.25, 0.3) is 0 Å². The summed E-state index contributed by atoms with van der Waals surface area (Å²) in [5, 5.41) is 7.08. The van der Waals surface area contributed by atoms with Gasteiger partial charge in [0.15, 0.2) is 0 Å². The van der Waals surface area contributed by atoms with E-state index in [1.165, 1.54) is 41.2 Å². The summed E-state index contributed by atoms with van der Waals surface area (Å²) in [5.41, 5.74) is 0.445. The van der Waals surface area contributed by atoms with E-state index < -0.39 is 0 Å². The number of carbonyl (C=O) groups excluding carboxylic acids is 1. The van der Waals surface area contributed by atoms with E-state index in [1.54, 1.807) is 18.5 Å². The van der Waals surface area contributed by atoms with Gasteiger partial charge in [-0.3, -0.25) is 9.20 Å². The predicted octanol–water partition coefficient (Wildman–Crippen LogP) is 1.58. The van der Waals surface area contributed by atoms with Gasteiger partial charge in [0.05, 0.1) is 11.7 Å². The van der Waals surface area contributed by atoms with E-state index in [4.69, 9.17) is 0 Å². The maximum Gasteiger partial charge on any atom is 0.349 e. The first-order valence-corrected chi connectivity index (χ1v) is 7.98. The lowest BCUT2D eigenvalue weighted by molar-refractivity contribution is -0.123. The molecule has 0 aromatic carbocycles. The average molecular weight is 302 g/mol. The Morgan fingerprint density at radius 2 is 2.18 bits per heavy atom. The number of hydrogen-bond acceptors (Lipinski definition) is 3. The molecular weight excluding hydrogens is 280 g/mol. The van der Waals surface area contributed by atoms with Crippen LogP contribution in [0.4, 0.5) is 0 Å². The van der Waals surface area contributed by atoms with E-state index in [-0.39, 0.29) is 24.2 Å². The monoisotopic (exact) mass is 302 g/mol. The van der Waals surface area contributed by atoms with Crippen LogP contribution in [-0.4, -0.2) is 26.1 Å². The molecule has 6 nitrogen and oxygen atoms in total. The maximum absolute atomic E-state index is 12.2. The van der Waals surface area contributed by atoms with E-state index in [0.717, 1.165) is 5.52 Å². The first-order valence-electron chi connectivity index (χ1n) is 7.98. The van der Waals surface area contributed by atoms with Crippen LogP contribution in [-0.2, 0) is 11.3 Å². The number of carbonyl (C=O) groups is 1. The van der Waals surface area contributed by atoms with Gasteiger partial charge in [-0.15, -0.1) is 0 Å². The molecule has 6 heteroatoms. The first kappa shape index (κ1) is 14.8. The smallest absolute Gasteiger partial charge is 0.349 e. The molecule has 22 heavy (non-hydrogen) atoms. The maximum atomic E-state index is 12.2. The molecule has 0 bridgehead atoms. The van der Waals surface area contributed by atoms with Crippen LogP contribution in [0, 0.1) is 5.92 Å². The number of fused-ring (bicyclic) bond motifs is 1. The summed E-state index contributed by atoms with van der Waals surface area (Å²) in [4.78, 5) is 24.4. The summed E-state index contributed by atoms with van der Waals surface area (Å²) in [6.07, 6.45) is 9.42.